The van der Waals surface area contributed by atoms with Crippen molar-refractivity contribution in [2.45, 2.75) is 45.5 Å². The summed E-state index contributed by atoms with van der Waals surface area (Å²) in [4.78, 5) is 0. The highest BCUT2D eigenvalue weighted by Gasteiger charge is 2.34. The Balaban J connectivity index is 2.65. The summed E-state index contributed by atoms with van der Waals surface area (Å²) in [5.74, 6) is -0.970. The molecule has 0 saturated heterocycles. The first-order chi connectivity index (χ1) is 9.51. The van der Waals surface area contributed by atoms with E-state index in [1.807, 2.05) is 13.8 Å². The average molecular weight is 307 g/mol. The first-order valence-electron chi connectivity index (χ1n) is 6.80. The van der Waals surface area contributed by atoms with Gasteiger partial charge in [0.1, 0.15) is 5.82 Å². The van der Waals surface area contributed by atoms with Crippen molar-refractivity contribution in [1.82, 2.24) is 5.32 Å². The molecule has 1 aromatic rings. The molecule has 0 amide bonds. The van der Waals surface area contributed by atoms with Crippen LogP contribution in [0.4, 0.5) is 17.6 Å². The van der Waals surface area contributed by atoms with Crippen LogP contribution >= 0.6 is 0 Å². The van der Waals surface area contributed by atoms with Gasteiger partial charge in [0.05, 0.1) is 11.2 Å². The Morgan fingerprint density at radius 1 is 1.24 bits per heavy atom. The normalized spacial score (nSPS) is 15.3. The van der Waals surface area contributed by atoms with Crippen LogP contribution in [0.3, 0.4) is 0 Å². The summed E-state index contributed by atoms with van der Waals surface area (Å²) in [6.45, 7) is 6.02. The van der Waals surface area contributed by atoms with Gasteiger partial charge in [0.15, 0.2) is 0 Å². The molecular formula is C15H21F4NO. The minimum absolute atomic E-state index is 0.137. The van der Waals surface area contributed by atoms with Crippen LogP contribution in [0.1, 0.15) is 38.3 Å². The van der Waals surface area contributed by atoms with Crippen LogP contribution in [0.5, 0.6) is 0 Å². The van der Waals surface area contributed by atoms with E-state index in [1.54, 1.807) is 6.92 Å². The van der Waals surface area contributed by atoms with Gasteiger partial charge in [-0.05, 0) is 37.0 Å². The molecule has 0 aromatic heterocycles. The van der Waals surface area contributed by atoms with E-state index < -0.39 is 23.2 Å². The molecule has 1 atom stereocenters. The molecule has 21 heavy (non-hydrogen) atoms. The minimum atomic E-state index is -4.71. The van der Waals surface area contributed by atoms with E-state index in [1.165, 1.54) is 6.07 Å². The van der Waals surface area contributed by atoms with Crippen molar-refractivity contribution in [1.29, 1.82) is 0 Å². The van der Waals surface area contributed by atoms with Crippen LogP contribution in [0, 0.1) is 11.7 Å². The molecule has 0 fully saturated rings. The van der Waals surface area contributed by atoms with Gasteiger partial charge in [-0.3, -0.25) is 0 Å². The van der Waals surface area contributed by atoms with Gasteiger partial charge in [0, 0.05) is 13.1 Å². The summed E-state index contributed by atoms with van der Waals surface area (Å²) in [5.41, 5.74) is -1.87. The van der Waals surface area contributed by atoms with Crippen LogP contribution in [0.25, 0.3) is 0 Å². The molecule has 0 saturated carbocycles. The van der Waals surface area contributed by atoms with E-state index in [0.29, 0.717) is 17.9 Å². The molecule has 6 heteroatoms. The summed E-state index contributed by atoms with van der Waals surface area (Å²) in [5, 5.41) is 13.0. The monoisotopic (exact) mass is 307 g/mol. The standard InChI is InChI=1S/C15H21F4NO/c1-10(2)7-14(3,21)9-20-8-11-4-5-13(16)12(6-11)15(17,18)19/h4-6,10,20-21H,7-9H2,1-3H3. The summed E-state index contributed by atoms with van der Waals surface area (Å²) >= 11 is 0. The van der Waals surface area contributed by atoms with Gasteiger partial charge >= 0.3 is 6.18 Å². The van der Waals surface area contributed by atoms with Crippen molar-refractivity contribution in [3.8, 4) is 0 Å². The fourth-order valence-electron chi connectivity index (χ4n) is 2.33. The zero-order valence-corrected chi connectivity index (χ0v) is 12.4. The van der Waals surface area contributed by atoms with Crippen molar-refractivity contribution >= 4 is 0 Å². The first-order valence-corrected chi connectivity index (χ1v) is 6.80. The van der Waals surface area contributed by atoms with Crippen molar-refractivity contribution in [3.63, 3.8) is 0 Å². The van der Waals surface area contributed by atoms with Gasteiger partial charge in [0.25, 0.3) is 0 Å². The van der Waals surface area contributed by atoms with Gasteiger partial charge < -0.3 is 10.4 Å². The second-order valence-corrected chi connectivity index (χ2v) is 6.01. The topological polar surface area (TPSA) is 32.3 Å². The largest absolute Gasteiger partial charge is 0.419 e. The Morgan fingerprint density at radius 2 is 1.86 bits per heavy atom. The van der Waals surface area contributed by atoms with Crippen LogP contribution in [0.2, 0.25) is 0 Å². The molecular weight excluding hydrogens is 286 g/mol. The maximum Gasteiger partial charge on any atom is 0.419 e. The Bertz CT molecular complexity index is 469. The Kier molecular flexibility index (Phi) is 5.75. The van der Waals surface area contributed by atoms with Gasteiger partial charge in [-0.2, -0.15) is 13.2 Å². The third kappa shape index (κ3) is 6.01. The molecule has 0 spiro atoms. The van der Waals surface area contributed by atoms with Crippen LogP contribution in [0.15, 0.2) is 18.2 Å². The fourth-order valence-corrected chi connectivity index (χ4v) is 2.33. The third-order valence-electron chi connectivity index (χ3n) is 3.02. The fraction of sp³-hybridized carbons (Fsp3) is 0.600. The quantitative estimate of drug-likeness (QED) is 0.785. The second kappa shape index (κ2) is 6.75. The van der Waals surface area contributed by atoms with E-state index in [2.05, 4.69) is 5.32 Å². The van der Waals surface area contributed by atoms with E-state index in [0.717, 1.165) is 12.1 Å². The highest BCUT2D eigenvalue weighted by molar-refractivity contribution is 5.27. The average Bonchev–Trinajstić information content (AvgIpc) is 2.27. The SMILES string of the molecule is CC(C)CC(C)(O)CNCc1ccc(F)c(C(F)(F)F)c1. The molecule has 1 unspecified atom stereocenters. The summed E-state index contributed by atoms with van der Waals surface area (Å²) in [7, 11) is 0. The number of hydrogen-bond donors (Lipinski definition) is 2. The van der Waals surface area contributed by atoms with Gasteiger partial charge in [-0.25, -0.2) is 4.39 Å². The van der Waals surface area contributed by atoms with E-state index in [9.17, 15) is 22.7 Å². The van der Waals surface area contributed by atoms with Crippen LogP contribution in [-0.4, -0.2) is 17.3 Å². The summed E-state index contributed by atoms with van der Waals surface area (Å²) < 4.78 is 50.9. The van der Waals surface area contributed by atoms with Crippen molar-refractivity contribution < 1.29 is 22.7 Å². The lowest BCUT2D eigenvalue weighted by atomic mass is 9.94. The Hall–Kier alpha value is -1.14. The number of rotatable bonds is 6. The molecule has 1 aromatic carbocycles. The van der Waals surface area contributed by atoms with Crippen molar-refractivity contribution in [3.05, 3.63) is 35.1 Å². The predicted octanol–water partition coefficient (Wildman–Crippen LogP) is 3.73. The van der Waals surface area contributed by atoms with Gasteiger partial charge in [0.2, 0.25) is 0 Å². The highest BCUT2D eigenvalue weighted by Crippen LogP contribution is 2.31. The number of aliphatic hydroxyl groups is 1. The van der Waals surface area contributed by atoms with Crippen molar-refractivity contribution in [2.75, 3.05) is 6.54 Å². The zero-order chi connectivity index (χ0) is 16.3. The minimum Gasteiger partial charge on any atom is -0.389 e. The van der Waals surface area contributed by atoms with E-state index in [4.69, 9.17) is 0 Å². The predicted molar refractivity (Wildman–Crippen MR) is 73.2 cm³/mol. The van der Waals surface area contributed by atoms with Crippen molar-refractivity contribution in [2.24, 2.45) is 5.92 Å². The Morgan fingerprint density at radius 3 is 2.38 bits per heavy atom. The van der Waals surface area contributed by atoms with E-state index in [-0.39, 0.29) is 13.1 Å². The van der Waals surface area contributed by atoms with Gasteiger partial charge in [-0.15, -0.1) is 0 Å². The molecule has 2 N–H and O–H groups in total. The number of alkyl halides is 3. The smallest absolute Gasteiger partial charge is 0.389 e. The lowest BCUT2D eigenvalue weighted by Crippen LogP contribution is -2.38. The molecule has 0 heterocycles. The lowest BCUT2D eigenvalue weighted by Gasteiger charge is -2.25. The summed E-state index contributed by atoms with van der Waals surface area (Å²) in [6, 6.07) is 2.90. The zero-order valence-electron chi connectivity index (χ0n) is 12.4. The van der Waals surface area contributed by atoms with Gasteiger partial charge in [-0.1, -0.05) is 19.9 Å². The molecule has 120 valence electrons. The van der Waals surface area contributed by atoms with E-state index >= 15 is 0 Å². The number of nitrogens with one attached hydrogen (secondary N) is 1. The number of halogens is 4. The molecule has 0 bridgehead atoms. The molecule has 0 aliphatic carbocycles. The third-order valence-corrected chi connectivity index (χ3v) is 3.02. The molecule has 0 aliphatic heterocycles. The maximum absolute atomic E-state index is 13.1. The molecule has 2 nitrogen and oxygen atoms in total. The highest BCUT2D eigenvalue weighted by atomic mass is 19.4. The summed E-state index contributed by atoms with van der Waals surface area (Å²) in [6.07, 6.45) is -4.12. The second-order valence-electron chi connectivity index (χ2n) is 6.01. The van der Waals surface area contributed by atoms with Crippen LogP contribution in [-0.2, 0) is 12.7 Å². The maximum atomic E-state index is 13.1. The Labute approximate surface area is 122 Å². The molecule has 1 rings (SSSR count). The molecule has 0 radical (unpaired) electrons. The first kappa shape index (κ1) is 17.9. The lowest BCUT2D eigenvalue weighted by molar-refractivity contribution is -0.140. The van der Waals surface area contributed by atoms with Crippen LogP contribution < -0.4 is 5.32 Å². The number of benzene rings is 1. The number of hydrogen-bond acceptors (Lipinski definition) is 2. The molecule has 0 aliphatic rings.